The van der Waals surface area contributed by atoms with Crippen LogP contribution in [0.5, 0.6) is 0 Å². The highest BCUT2D eigenvalue weighted by Gasteiger charge is 2.84. The van der Waals surface area contributed by atoms with Gasteiger partial charge in [0.05, 0.1) is 10.1 Å². The molecule has 0 aromatic heterocycles. The van der Waals surface area contributed by atoms with E-state index in [1.807, 2.05) is 0 Å². The van der Waals surface area contributed by atoms with Gasteiger partial charge in [-0.2, -0.15) is 0 Å². The quantitative estimate of drug-likeness (QED) is 0.571. The van der Waals surface area contributed by atoms with E-state index in [1.54, 1.807) is 0 Å². The summed E-state index contributed by atoms with van der Waals surface area (Å²) in [6.45, 7) is 0. The van der Waals surface area contributed by atoms with Crippen LogP contribution in [0.4, 0.5) is 8.78 Å². The molecule has 2 aliphatic carbocycles. The van der Waals surface area contributed by atoms with Crippen LogP contribution in [-0.2, 0) is 0 Å². The van der Waals surface area contributed by atoms with Gasteiger partial charge in [-0.05, 0) is 0 Å². The van der Waals surface area contributed by atoms with E-state index in [0.717, 1.165) is 0 Å². The molecule has 8 heteroatoms. The van der Waals surface area contributed by atoms with E-state index in [1.165, 1.54) is 0 Å². The summed E-state index contributed by atoms with van der Waals surface area (Å²) in [4.78, 5) is -4.26. The van der Waals surface area contributed by atoms with E-state index in [9.17, 15) is 8.78 Å². The second kappa shape index (κ2) is 3.21. The summed E-state index contributed by atoms with van der Waals surface area (Å²) < 4.78 is 25.1. The molecule has 86 valence electrons. The van der Waals surface area contributed by atoms with Crippen molar-refractivity contribution in [2.75, 3.05) is 0 Å². The highest BCUT2D eigenvalue weighted by atomic mass is 35.5. The highest BCUT2D eigenvalue weighted by Crippen LogP contribution is 2.73. The first-order valence-corrected chi connectivity index (χ1v) is 6.00. The molecule has 15 heavy (non-hydrogen) atoms. The van der Waals surface area contributed by atoms with Gasteiger partial charge < -0.3 is 0 Å². The van der Waals surface area contributed by atoms with Gasteiger partial charge in [-0.3, -0.25) is 0 Å². The van der Waals surface area contributed by atoms with Crippen molar-refractivity contribution < 1.29 is 8.78 Å². The molecular weight excluding hydrogens is 335 g/mol. The minimum atomic E-state index is -2.21. The standard InChI is InChI=1S/C7H2Cl6F2/c8-1-2(9)6(11)4(15)3(14)5(1,10)7(6,12)13/h3-4H/t3-,4-,5-,6+/m0/s1. The number of alkyl halides is 6. The van der Waals surface area contributed by atoms with Crippen molar-refractivity contribution in [2.24, 2.45) is 0 Å². The van der Waals surface area contributed by atoms with Gasteiger partial charge in [0.2, 0.25) is 0 Å². The summed E-state index contributed by atoms with van der Waals surface area (Å²) in [6.07, 6.45) is -4.41. The van der Waals surface area contributed by atoms with Crippen molar-refractivity contribution in [3.63, 3.8) is 0 Å². The summed E-state index contributed by atoms with van der Waals surface area (Å²) in [5, 5.41) is -0.681. The molecule has 0 spiro atoms. The van der Waals surface area contributed by atoms with E-state index in [-0.39, 0.29) is 10.1 Å². The fourth-order valence-corrected chi connectivity index (χ4v) is 4.48. The predicted octanol–water partition coefficient (Wildman–Crippen LogP) is 4.51. The fraction of sp³-hybridized carbons (Fsp3) is 0.714. The van der Waals surface area contributed by atoms with Gasteiger partial charge in [0.15, 0.2) is 26.4 Å². The van der Waals surface area contributed by atoms with Crippen molar-refractivity contribution in [3.8, 4) is 0 Å². The Hall–Kier alpha value is 1.34. The van der Waals surface area contributed by atoms with Crippen LogP contribution in [0.3, 0.4) is 0 Å². The Labute approximate surface area is 114 Å². The minimum Gasteiger partial charge on any atom is -0.242 e. The number of hydrogen-bond donors (Lipinski definition) is 0. The van der Waals surface area contributed by atoms with Crippen molar-refractivity contribution >= 4 is 69.6 Å². The molecule has 4 atom stereocenters. The molecule has 0 heterocycles. The molecule has 0 amide bonds. The van der Waals surface area contributed by atoms with Gasteiger partial charge in [0.1, 0.15) is 0 Å². The summed E-state index contributed by atoms with van der Waals surface area (Å²) in [5.74, 6) is 0. The zero-order valence-corrected chi connectivity index (χ0v) is 11.2. The van der Waals surface area contributed by atoms with Gasteiger partial charge in [-0.1, -0.05) is 46.4 Å². The molecule has 0 aromatic rings. The van der Waals surface area contributed by atoms with Crippen LogP contribution in [-0.4, -0.2) is 26.4 Å². The van der Waals surface area contributed by atoms with Crippen molar-refractivity contribution in [2.45, 2.75) is 26.4 Å². The fourth-order valence-electron chi connectivity index (χ4n) is 1.85. The first-order valence-electron chi connectivity index (χ1n) is 3.73. The monoisotopic (exact) mass is 334 g/mol. The smallest absolute Gasteiger partial charge is 0.172 e. The number of rotatable bonds is 0. The average Bonchev–Trinajstić information content (AvgIpc) is 2.34. The Morgan fingerprint density at radius 2 is 1.07 bits per heavy atom. The summed E-state index contributed by atoms with van der Waals surface area (Å²) >= 11 is 34.7. The second-order valence-corrected chi connectivity index (χ2v) is 6.71. The third kappa shape index (κ3) is 1.04. The highest BCUT2D eigenvalue weighted by molar-refractivity contribution is 6.66. The zero-order valence-electron chi connectivity index (χ0n) is 6.68. The van der Waals surface area contributed by atoms with Crippen LogP contribution >= 0.6 is 69.6 Å². The third-order valence-electron chi connectivity index (χ3n) is 2.76. The molecule has 0 radical (unpaired) electrons. The van der Waals surface area contributed by atoms with Crippen molar-refractivity contribution in [1.29, 1.82) is 0 Å². The van der Waals surface area contributed by atoms with Gasteiger partial charge in [-0.15, -0.1) is 23.2 Å². The lowest BCUT2D eigenvalue weighted by Crippen LogP contribution is -2.45. The number of allylic oxidation sites excluding steroid dienone is 2. The Kier molecular flexibility index (Phi) is 2.74. The Balaban J connectivity index is 2.76. The summed E-state index contributed by atoms with van der Waals surface area (Å²) in [5.41, 5.74) is 0. The van der Waals surface area contributed by atoms with Gasteiger partial charge in [0.25, 0.3) is 0 Å². The zero-order chi connectivity index (χ0) is 11.8. The normalized spacial score (nSPS) is 52.8. The maximum atomic E-state index is 13.6. The topological polar surface area (TPSA) is 0 Å². The minimum absolute atomic E-state index is 0.341. The first-order chi connectivity index (χ1) is 6.63. The van der Waals surface area contributed by atoms with Crippen LogP contribution in [0, 0.1) is 0 Å². The van der Waals surface area contributed by atoms with Crippen LogP contribution in [0.2, 0.25) is 0 Å². The number of hydrogen-bond acceptors (Lipinski definition) is 0. The Morgan fingerprint density at radius 1 is 0.800 bits per heavy atom. The molecule has 2 rings (SSSR count). The number of fused-ring (bicyclic) bond motifs is 2. The lowest BCUT2D eigenvalue weighted by molar-refractivity contribution is 0.167. The molecule has 2 bridgehead atoms. The van der Waals surface area contributed by atoms with Crippen molar-refractivity contribution in [3.05, 3.63) is 10.1 Å². The van der Waals surface area contributed by atoms with Crippen LogP contribution < -0.4 is 0 Å². The Bertz CT molecular complexity index is 336. The summed E-state index contributed by atoms with van der Waals surface area (Å²) in [6, 6.07) is 0. The van der Waals surface area contributed by atoms with Gasteiger partial charge in [-0.25, -0.2) is 8.78 Å². The lowest BCUT2D eigenvalue weighted by Gasteiger charge is -2.30. The van der Waals surface area contributed by atoms with Crippen molar-refractivity contribution in [1.82, 2.24) is 0 Å². The maximum absolute atomic E-state index is 13.6. The Morgan fingerprint density at radius 3 is 1.27 bits per heavy atom. The van der Waals surface area contributed by atoms with E-state index in [2.05, 4.69) is 0 Å². The van der Waals surface area contributed by atoms with E-state index < -0.39 is 26.4 Å². The van der Waals surface area contributed by atoms with Crippen LogP contribution in [0.1, 0.15) is 0 Å². The van der Waals surface area contributed by atoms with E-state index >= 15 is 0 Å². The van der Waals surface area contributed by atoms with Crippen LogP contribution in [0.25, 0.3) is 0 Å². The first kappa shape index (κ1) is 12.8. The maximum Gasteiger partial charge on any atom is 0.172 e. The molecule has 0 saturated heterocycles. The molecule has 0 N–H and O–H groups in total. The molecule has 2 aliphatic rings. The SMILES string of the molecule is F[C@H]1[C@H](F)[C@@]2(Cl)C(Cl)=C(Cl)[C@]1(Cl)C2(Cl)Cl. The third-order valence-corrected chi connectivity index (χ3v) is 6.97. The average molecular weight is 337 g/mol. The predicted molar refractivity (Wildman–Crippen MR) is 60.1 cm³/mol. The van der Waals surface area contributed by atoms with E-state index in [0.29, 0.717) is 0 Å². The molecule has 1 fully saturated rings. The molecule has 0 nitrogen and oxygen atoms in total. The second-order valence-electron chi connectivity index (χ2n) is 3.43. The number of halogens is 8. The van der Waals surface area contributed by atoms with Gasteiger partial charge >= 0.3 is 0 Å². The molecule has 0 aliphatic heterocycles. The molecular formula is C7H2Cl6F2. The van der Waals surface area contributed by atoms with Crippen LogP contribution in [0.15, 0.2) is 10.1 Å². The summed E-state index contributed by atoms with van der Waals surface area (Å²) in [7, 11) is 0. The van der Waals surface area contributed by atoms with Gasteiger partial charge in [0, 0.05) is 0 Å². The van der Waals surface area contributed by atoms with E-state index in [4.69, 9.17) is 69.6 Å². The molecule has 0 unspecified atom stereocenters. The molecule has 1 saturated carbocycles. The largest absolute Gasteiger partial charge is 0.242 e. The lowest BCUT2D eigenvalue weighted by atomic mass is 10.0. The molecule has 0 aromatic carbocycles.